The second kappa shape index (κ2) is 8.62. The highest BCUT2D eigenvalue weighted by molar-refractivity contribution is 6.36. The Bertz CT molecular complexity index is 2180. The lowest BCUT2D eigenvalue weighted by Gasteiger charge is -2.10. The minimum absolute atomic E-state index is 0.599. The van der Waals surface area contributed by atoms with Gasteiger partial charge >= 0.3 is 0 Å². The maximum absolute atomic E-state index is 6.83. The molecule has 0 fully saturated rings. The summed E-state index contributed by atoms with van der Waals surface area (Å²) in [4.78, 5) is 0. The summed E-state index contributed by atoms with van der Waals surface area (Å²) < 4.78 is 12.3. The van der Waals surface area contributed by atoms with Crippen molar-refractivity contribution in [3.05, 3.63) is 132 Å². The van der Waals surface area contributed by atoms with Gasteiger partial charge in [0.15, 0.2) is 5.58 Å². The van der Waals surface area contributed by atoms with Gasteiger partial charge < -0.3 is 8.83 Å². The van der Waals surface area contributed by atoms with E-state index in [2.05, 4.69) is 84.9 Å². The van der Waals surface area contributed by atoms with Crippen LogP contribution in [0.4, 0.5) is 0 Å². The molecule has 39 heavy (non-hydrogen) atoms. The molecule has 0 atom stereocenters. The molecular weight excluding hydrogens is 500 g/mol. The van der Waals surface area contributed by atoms with Crippen molar-refractivity contribution in [3.63, 3.8) is 0 Å². The van der Waals surface area contributed by atoms with E-state index in [0.29, 0.717) is 10.6 Å². The molecule has 0 aliphatic heterocycles. The minimum Gasteiger partial charge on any atom is -0.456 e. The lowest BCUT2D eigenvalue weighted by atomic mass is 9.93. The maximum Gasteiger partial charge on any atom is 0.154 e. The summed E-state index contributed by atoms with van der Waals surface area (Å²) in [6.45, 7) is 0. The smallest absolute Gasteiger partial charge is 0.154 e. The van der Waals surface area contributed by atoms with E-state index in [-0.39, 0.29) is 0 Å². The number of furan rings is 2. The first-order valence-corrected chi connectivity index (χ1v) is 13.3. The lowest BCUT2D eigenvalue weighted by molar-refractivity contribution is 0.668. The second-order valence-electron chi connectivity index (χ2n) is 9.87. The van der Waals surface area contributed by atoms with Crippen LogP contribution in [0, 0.1) is 0 Å². The Morgan fingerprint density at radius 3 is 1.82 bits per heavy atom. The first kappa shape index (κ1) is 22.2. The molecule has 0 unspecified atom stereocenters. The number of fused-ring (bicyclic) bond motifs is 6. The standard InChI is InChI=1S/C36H21ClO2/c37-32-21-25(23-14-16-34-29(18-23)28-12-6-7-13-33(28)38-34)20-31-30-19-24(15-17-35(30)39-36(31)32)27-11-5-4-10-26(27)22-8-2-1-3-9-22/h1-21H. The van der Waals surface area contributed by atoms with E-state index in [0.717, 1.165) is 55.0 Å². The van der Waals surface area contributed by atoms with E-state index in [4.69, 9.17) is 20.4 Å². The third kappa shape index (κ3) is 3.57. The molecule has 0 aliphatic carbocycles. The molecule has 2 heterocycles. The first-order valence-electron chi connectivity index (χ1n) is 13.0. The number of benzene rings is 6. The molecule has 0 aliphatic rings. The van der Waals surface area contributed by atoms with Gasteiger partial charge in [-0.15, -0.1) is 0 Å². The molecule has 0 saturated carbocycles. The zero-order chi connectivity index (χ0) is 25.9. The third-order valence-electron chi connectivity index (χ3n) is 7.56. The summed E-state index contributed by atoms with van der Waals surface area (Å²) in [5.41, 5.74) is 10.1. The second-order valence-corrected chi connectivity index (χ2v) is 10.3. The van der Waals surface area contributed by atoms with Gasteiger partial charge in [0.2, 0.25) is 0 Å². The van der Waals surface area contributed by atoms with Crippen molar-refractivity contribution >= 4 is 55.5 Å². The number of rotatable bonds is 3. The predicted octanol–water partition coefficient (Wildman–Crippen LogP) is 11.1. The summed E-state index contributed by atoms with van der Waals surface area (Å²) in [5.74, 6) is 0. The Hall–Kier alpha value is -4.79. The molecular formula is C36H21ClO2. The van der Waals surface area contributed by atoms with Gasteiger partial charge in [0.25, 0.3) is 0 Å². The maximum atomic E-state index is 6.83. The zero-order valence-electron chi connectivity index (χ0n) is 20.8. The Morgan fingerprint density at radius 1 is 0.385 bits per heavy atom. The van der Waals surface area contributed by atoms with E-state index < -0.39 is 0 Å². The molecule has 8 rings (SSSR count). The Labute approximate surface area is 229 Å². The number of hydrogen-bond donors (Lipinski definition) is 0. The van der Waals surface area contributed by atoms with Crippen molar-refractivity contribution in [2.45, 2.75) is 0 Å². The monoisotopic (exact) mass is 520 g/mol. The first-order chi connectivity index (χ1) is 19.2. The van der Waals surface area contributed by atoms with Gasteiger partial charge in [-0.3, -0.25) is 0 Å². The van der Waals surface area contributed by atoms with Crippen LogP contribution >= 0.6 is 11.6 Å². The number of para-hydroxylation sites is 1. The van der Waals surface area contributed by atoms with Crippen molar-refractivity contribution in [1.82, 2.24) is 0 Å². The van der Waals surface area contributed by atoms with Crippen LogP contribution in [0.5, 0.6) is 0 Å². The molecule has 6 aromatic carbocycles. The quantitative estimate of drug-likeness (QED) is 0.231. The average Bonchev–Trinajstić information content (AvgIpc) is 3.55. The van der Waals surface area contributed by atoms with E-state index in [1.54, 1.807) is 0 Å². The molecule has 0 amide bonds. The van der Waals surface area contributed by atoms with Crippen molar-refractivity contribution in [2.75, 3.05) is 0 Å². The summed E-state index contributed by atoms with van der Waals surface area (Å²) in [5, 5.41) is 4.85. The average molecular weight is 521 g/mol. The molecule has 184 valence electrons. The fourth-order valence-electron chi connectivity index (χ4n) is 5.68. The van der Waals surface area contributed by atoms with Gasteiger partial charge in [-0.05, 0) is 75.8 Å². The SMILES string of the molecule is Clc1cc(-c2ccc3oc4ccccc4c3c2)cc2c1oc1ccc(-c3ccccc3-c3ccccc3)cc12. The van der Waals surface area contributed by atoms with Gasteiger partial charge in [0.05, 0.1) is 5.02 Å². The fraction of sp³-hybridized carbons (Fsp3) is 0. The van der Waals surface area contributed by atoms with E-state index in [1.807, 2.05) is 42.5 Å². The molecule has 0 radical (unpaired) electrons. The Balaban J connectivity index is 1.31. The third-order valence-corrected chi connectivity index (χ3v) is 7.84. The zero-order valence-corrected chi connectivity index (χ0v) is 21.6. The summed E-state index contributed by atoms with van der Waals surface area (Å²) >= 11 is 6.83. The van der Waals surface area contributed by atoms with Gasteiger partial charge in [0.1, 0.15) is 16.7 Å². The molecule has 0 spiro atoms. The fourth-order valence-corrected chi connectivity index (χ4v) is 5.94. The van der Waals surface area contributed by atoms with Gasteiger partial charge in [-0.2, -0.15) is 0 Å². The topological polar surface area (TPSA) is 26.3 Å². The summed E-state index contributed by atoms with van der Waals surface area (Å²) in [7, 11) is 0. The molecule has 2 nitrogen and oxygen atoms in total. The van der Waals surface area contributed by atoms with Crippen molar-refractivity contribution < 1.29 is 8.83 Å². The van der Waals surface area contributed by atoms with Gasteiger partial charge in [-0.25, -0.2) is 0 Å². The van der Waals surface area contributed by atoms with Crippen LogP contribution in [0.2, 0.25) is 5.02 Å². The van der Waals surface area contributed by atoms with Crippen LogP contribution in [0.25, 0.3) is 77.3 Å². The molecule has 0 N–H and O–H groups in total. The Morgan fingerprint density at radius 2 is 0.974 bits per heavy atom. The van der Waals surface area contributed by atoms with E-state index in [1.165, 1.54) is 16.7 Å². The molecule has 0 bridgehead atoms. The largest absolute Gasteiger partial charge is 0.456 e. The van der Waals surface area contributed by atoms with Crippen LogP contribution in [-0.4, -0.2) is 0 Å². The van der Waals surface area contributed by atoms with Crippen LogP contribution < -0.4 is 0 Å². The highest BCUT2D eigenvalue weighted by Crippen LogP contribution is 2.41. The van der Waals surface area contributed by atoms with Crippen LogP contribution in [0.15, 0.2) is 136 Å². The van der Waals surface area contributed by atoms with Gasteiger partial charge in [0, 0.05) is 21.5 Å². The van der Waals surface area contributed by atoms with Gasteiger partial charge in [-0.1, -0.05) is 96.5 Å². The molecule has 2 aromatic heterocycles. The lowest BCUT2D eigenvalue weighted by Crippen LogP contribution is -1.85. The normalized spacial score (nSPS) is 11.7. The highest BCUT2D eigenvalue weighted by atomic mass is 35.5. The number of hydrogen-bond acceptors (Lipinski definition) is 2. The molecule has 8 aromatic rings. The van der Waals surface area contributed by atoms with Crippen LogP contribution in [0.3, 0.4) is 0 Å². The molecule has 0 saturated heterocycles. The van der Waals surface area contributed by atoms with Crippen molar-refractivity contribution in [2.24, 2.45) is 0 Å². The molecule has 3 heteroatoms. The minimum atomic E-state index is 0.599. The Kier molecular flexibility index (Phi) is 4.91. The van der Waals surface area contributed by atoms with Crippen LogP contribution in [0.1, 0.15) is 0 Å². The summed E-state index contributed by atoms with van der Waals surface area (Å²) in [6.07, 6.45) is 0. The van der Waals surface area contributed by atoms with Crippen LogP contribution in [-0.2, 0) is 0 Å². The van der Waals surface area contributed by atoms with E-state index >= 15 is 0 Å². The predicted molar refractivity (Wildman–Crippen MR) is 162 cm³/mol. The van der Waals surface area contributed by atoms with Crippen molar-refractivity contribution in [3.8, 4) is 33.4 Å². The number of halogens is 1. The summed E-state index contributed by atoms with van der Waals surface area (Å²) in [6, 6.07) is 44.0. The highest BCUT2D eigenvalue weighted by Gasteiger charge is 2.16. The van der Waals surface area contributed by atoms with Crippen molar-refractivity contribution in [1.29, 1.82) is 0 Å². The van der Waals surface area contributed by atoms with E-state index in [9.17, 15) is 0 Å².